The number of H-pyrrole nitrogens is 1. The molecule has 3 rings (SSSR count). The topological polar surface area (TPSA) is 61.0 Å². The summed E-state index contributed by atoms with van der Waals surface area (Å²) >= 11 is 6.08. The number of amides is 1. The number of anilines is 1. The normalized spacial score (nSPS) is 15.6. The van der Waals surface area contributed by atoms with E-state index in [1.54, 1.807) is 0 Å². The molecule has 1 fully saturated rings. The monoisotopic (exact) mass is 374 g/mol. The van der Waals surface area contributed by atoms with Crippen molar-refractivity contribution in [2.24, 2.45) is 0 Å². The standard InChI is InChI=1S/C20H27ClN4O/c1-15-8-9-16(21)13-17(15)18-14-19(24-23-18)22-20(26)7-6-12-25-10-4-2-3-5-11-25/h8-9,13-14H,2-7,10-12H2,1H3,(H2,22,23,24,26). The molecule has 1 aromatic heterocycles. The van der Waals surface area contributed by atoms with Crippen molar-refractivity contribution in [3.63, 3.8) is 0 Å². The quantitative estimate of drug-likeness (QED) is 0.774. The van der Waals surface area contributed by atoms with Crippen LogP contribution in [0.3, 0.4) is 0 Å². The molecular formula is C20H27ClN4O. The highest BCUT2D eigenvalue weighted by molar-refractivity contribution is 6.30. The number of likely N-dealkylation sites (tertiary alicyclic amines) is 1. The van der Waals surface area contributed by atoms with Crippen molar-refractivity contribution in [2.45, 2.75) is 45.4 Å². The maximum absolute atomic E-state index is 12.2. The number of halogens is 1. The Kier molecular flexibility index (Phi) is 6.69. The fourth-order valence-electron chi connectivity index (χ4n) is 3.44. The minimum Gasteiger partial charge on any atom is -0.309 e. The first-order valence-electron chi connectivity index (χ1n) is 9.46. The van der Waals surface area contributed by atoms with Gasteiger partial charge in [-0.15, -0.1) is 0 Å². The Morgan fingerprint density at radius 3 is 2.77 bits per heavy atom. The smallest absolute Gasteiger partial charge is 0.225 e. The molecule has 0 spiro atoms. The second kappa shape index (κ2) is 9.19. The molecule has 0 aliphatic carbocycles. The number of hydrogen-bond acceptors (Lipinski definition) is 3. The van der Waals surface area contributed by atoms with Crippen molar-refractivity contribution < 1.29 is 4.79 Å². The van der Waals surface area contributed by atoms with Gasteiger partial charge in [-0.2, -0.15) is 5.10 Å². The van der Waals surface area contributed by atoms with E-state index in [1.165, 1.54) is 38.8 Å². The van der Waals surface area contributed by atoms with Crippen LogP contribution in [0.4, 0.5) is 5.82 Å². The highest BCUT2D eigenvalue weighted by Gasteiger charge is 2.12. The van der Waals surface area contributed by atoms with E-state index in [9.17, 15) is 4.79 Å². The van der Waals surface area contributed by atoms with Gasteiger partial charge < -0.3 is 10.2 Å². The van der Waals surface area contributed by atoms with Crippen LogP contribution in [0.1, 0.15) is 44.1 Å². The summed E-state index contributed by atoms with van der Waals surface area (Å²) in [6.45, 7) is 5.36. The number of aromatic nitrogens is 2. The summed E-state index contributed by atoms with van der Waals surface area (Å²) in [5.74, 6) is 0.569. The van der Waals surface area contributed by atoms with Crippen molar-refractivity contribution in [3.05, 3.63) is 34.9 Å². The number of aryl methyl sites for hydroxylation is 1. The van der Waals surface area contributed by atoms with Crippen molar-refractivity contribution in [3.8, 4) is 11.3 Å². The zero-order chi connectivity index (χ0) is 18.4. The number of carbonyl (C=O) groups excluding carboxylic acids is 1. The lowest BCUT2D eigenvalue weighted by molar-refractivity contribution is -0.116. The molecule has 1 aliphatic heterocycles. The highest BCUT2D eigenvalue weighted by atomic mass is 35.5. The molecule has 0 atom stereocenters. The molecule has 0 unspecified atom stereocenters. The molecule has 0 saturated carbocycles. The fraction of sp³-hybridized carbons (Fsp3) is 0.500. The molecule has 26 heavy (non-hydrogen) atoms. The van der Waals surface area contributed by atoms with Crippen LogP contribution >= 0.6 is 11.6 Å². The Morgan fingerprint density at radius 2 is 2.00 bits per heavy atom. The first-order valence-corrected chi connectivity index (χ1v) is 9.84. The van der Waals surface area contributed by atoms with Crippen molar-refractivity contribution in [1.82, 2.24) is 15.1 Å². The lowest BCUT2D eigenvalue weighted by atomic mass is 10.1. The van der Waals surface area contributed by atoms with Crippen molar-refractivity contribution in [1.29, 1.82) is 0 Å². The van der Waals surface area contributed by atoms with E-state index in [0.717, 1.165) is 29.8 Å². The fourth-order valence-corrected chi connectivity index (χ4v) is 3.61. The van der Waals surface area contributed by atoms with Crippen molar-refractivity contribution >= 4 is 23.3 Å². The lowest BCUT2D eigenvalue weighted by Gasteiger charge is -2.19. The van der Waals surface area contributed by atoms with Gasteiger partial charge in [0, 0.05) is 23.1 Å². The van der Waals surface area contributed by atoms with Crippen LogP contribution in [-0.2, 0) is 4.79 Å². The summed E-state index contributed by atoms with van der Waals surface area (Å²) in [7, 11) is 0. The first kappa shape index (κ1) is 18.9. The van der Waals surface area contributed by atoms with Crippen LogP contribution in [0.5, 0.6) is 0 Å². The molecule has 6 heteroatoms. The van der Waals surface area contributed by atoms with Crippen LogP contribution in [-0.4, -0.2) is 40.6 Å². The number of rotatable bonds is 6. The summed E-state index contributed by atoms with van der Waals surface area (Å²) in [6.07, 6.45) is 6.65. The average molecular weight is 375 g/mol. The Bertz CT molecular complexity index is 735. The molecule has 140 valence electrons. The zero-order valence-electron chi connectivity index (χ0n) is 15.4. The van der Waals surface area contributed by atoms with Crippen LogP contribution < -0.4 is 5.32 Å². The van der Waals surface area contributed by atoms with Crippen LogP contribution in [0.15, 0.2) is 24.3 Å². The van der Waals surface area contributed by atoms with Gasteiger partial charge in [0.05, 0.1) is 5.69 Å². The van der Waals surface area contributed by atoms with E-state index in [1.807, 2.05) is 31.2 Å². The second-order valence-corrected chi connectivity index (χ2v) is 7.47. The minimum atomic E-state index is 0.0145. The van der Waals surface area contributed by atoms with Gasteiger partial charge in [-0.25, -0.2) is 0 Å². The lowest BCUT2D eigenvalue weighted by Crippen LogP contribution is -2.26. The summed E-state index contributed by atoms with van der Waals surface area (Å²) in [5.41, 5.74) is 2.95. The Labute approximate surface area is 160 Å². The molecule has 1 aliphatic rings. The largest absolute Gasteiger partial charge is 0.309 e. The molecule has 5 nitrogen and oxygen atoms in total. The van der Waals surface area contributed by atoms with Gasteiger partial charge in [0.15, 0.2) is 5.82 Å². The van der Waals surface area contributed by atoms with Gasteiger partial charge in [-0.1, -0.05) is 30.5 Å². The maximum Gasteiger partial charge on any atom is 0.225 e. The highest BCUT2D eigenvalue weighted by Crippen LogP contribution is 2.26. The predicted octanol–water partition coefficient (Wildman–Crippen LogP) is 4.63. The third kappa shape index (κ3) is 5.32. The number of nitrogens with one attached hydrogen (secondary N) is 2. The van der Waals surface area contributed by atoms with Gasteiger partial charge in [0.2, 0.25) is 5.91 Å². The number of benzene rings is 1. The van der Waals surface area contributed by atoms with Gasteiger partial charge >= 0.3 is 0 Å². The third-order valence-corrected chi connectivity index (χ3v) is 5.15. The van der Waals surface area contributed by atoms with E-state index in [-0.39, 0.29) is 5.91 Å². The Morgan fingerprint density at radius 1 is 1.23 bits per heavy atom. The summed E-state index contributed by atoms with van der Waals surface area (Å²) < 4.78 is 0. The van der Waals surface area contributed by atoms with Crippen molar-refractivity contribution in [2.75, 3.05) is 25.0 Å². The molecular weight excluding hydrogens is 348 g/mol. The molecule has 0 bridgehead atoms. The van der Waals surface area contributed by atoms with Crippen LogP contribution in [0.2, 0.25) is 5.02 Å². The molecule has 0 radical (unpaired) electrons. The molecule has 2 heterocycles. The summed E-state index contributed by atoms with van der Waals surface area (Å²) in [6, 6.07) is 7.59. The minimum absolute atomic E-state index is 0.0145. The van der Waals surface area contributed by atoms with Crippen LogP contribution in [0.25, 0.3) is 11.3 Å². The predicted molar refractivity (Wildman–Crippen MR) is 107 cm³/mol. The Balaban J connectivity index is 1.49. The van der Waals surface area contributed by atoms with E-state index in [4.69, 9.17) is 11.6 Å². The third-order valence-electron chi connectivity index (χ3n) is 4.91. The molecule has 2 N–H and O–H groups in total. The molecule has 2 aromatic rings. The van der Waals surface area contributed by atoms with Gasteiger partial charge in [0.25, 0.3) is 0 Å². The van der Waals surface area contributed by atoms with E-state index in [0.29, 0.717) is 17.3 Å². The molecule has 1 saturated heterocycles. The van der Waals surface area contributed by atoms with E-state index >= 15 is 0 Å². The average Bonchev–Trinajstić information content (AvgIpc) is 2.91. The zero-order valence-corrected chi connectivity index (χ0v) is 16.1. The molecule has 1 amide bonds. The second-order valence-electron chi connectivity index (χ2n) is 7.03. The van der Waals surface area contributed by atoms with Gasteiger partial charge in [0.1, 0.15) is 0 Å². The van der Waals surface area contributed by atoms with E-state index < -0.39 is 0 Å². The van der Waals surface area contributed by atoms with E-state index in [2.05, 4.69) is 20.4 Å². The number of hydrogen-bond donors (Lipinski definition) is 2. The number of nitrogens with zero attached hydrogens (tertiary/aromatic N) is 2. The molecule has 1 aromatic carbocycles. The summed E-state index contributed by atoms with van der Waals surface area (Å²) in [5, 5.41) is 10.7. The maximum atomic E-state index is 12.2. The summed E-state index contributed by atoms with van der Waals surface area (Å²) in [4.78, 5) is 14.7. The van der Waals surface area contributed by atoms with Gasteiger partial charge in [-0.05, 0) is 63.5 Å². The number of carbonyl (C=O) groups is 1. The number of aromatic amines is 1. The Hall–Kier alpha value is -1.85. The first-order chi connectivity index (χ1) is 12.6. The van der Waals surface area contributed by atoms with Crippen LogP contribution in [0, 0.1) is 6.92 Å². The SMILES string of the molecule is Cc1ccc(Cl)cc1-c1cc(NC(=O)CCCN2CCCCCC2)n[nH]1. The van der Waals surface area contributed by atoms with Gasteiger partial charge in [-0.3, -0.25) is 9.89 Å².